The number of hydrogen-bond donors (Lipinski definition) is 1. The lowest BCUT2D eigenvalue weighted by Gasteiger charge is -2.28. The quantitative estimate of drug-likeness (QED) is 0.759. The molecule has 0 saturated heterocycles. The molecule has 1 rings (SSSR count). The van der Waals surface area contributed by atoms with Crippen molar-refractivity contribution in [3.8, 4) is 0 Å². The standard InChI is InChI=1S/C16H25BrN2O3S/c1-11(2)16(12(3)4)18-15(20)10-19(23(5,21)22)14-8-6-7-13(17)9-14/h6-9,11-12,16H,10H2,1-5H3,(H,18,20). The van der Waals surface area contributed by atoms with Gasteiger partial charge in [-0.05, 0) is 30.0 Å². The van der Waals surface area contributed by atoms with E-state index in [0.717, 1.165) is 15.0 Å². The minimum atomic E-state index is -3.55. The number of carbonyl (C=O) groups is 1. The number of carbonyl (C=O) groups excluding carboxylic acids is 1. The molecule has 0 aliphatic rings. The molecule has 1 aromatic carbocycles. The van der Waals surface area contributed by atoms with Crippen LogP contribution in [-0.2, 0) is 14.8 Å². The van der Waals surface area contributed by atoms with Crippen molar-refractivity contribution in [2.75, 3.05) is 17.1 Å². The molecule has 0 heterocycles. The zero-order chi connectivity index (χ0) is 17.8. The number of amides is 1. The highest BCUT2D eigenvalue weighted by atomic mass is 79.9. The number of hydrogen-bond acceptors (Lipinski definition) is 3. The summed E-state index contributed by atoms with van der Waals surface area (Å²) in [4.78, 5) is 12.3. The molecule has 0 aliphatic heterocycles. The second-order valence-electron chi connectivity index (χ2n) is 6.33. The van der Waals surface area contributed by atoms with Crippen molar-refractivity contribution in [1.29, 1.82) is 0 Å². The van der Waals surface area contributed by atoms with E-state index in [9.17, 15) is 13.2 Å². The summed E-state index contributed by atoms with van der Waals surface area (Å²) in [7, 11) is -3.55. The smallest absolute Gasteiger partial charge is 0.241 e. The fraction of sp³-hybridized carbons (Fsp3) is 0.562. The molecule has 0 radical (unpaired) electrons. The highest BCUT2D eigenvalue weighted by Gasteiger charge is 2.24. The molecule has 23 heavy (non-hydrogen) atoms. The van der Waals surface area contributed by atoms with Crippen LogP contribution >= 0.6 is 15.9 Å². The Balaban J connectivity index is 2.97. The second kappa shape index (κ2) is 8.15. The first-order chi connectivity index (χ1) is 10.5. The summed E-state index contributed by atoms with van der Waals surface area (Å²) >= 11 is 3.32. The highest BCUT2D eigenvalue weighted by molar-refractivity contribution is 9.10. The summed E-state index contributed by atoms with van der Waals surface area (Å²) < 4.78 is 26.0. The van der Waals surface area contributed by atoms with E-state index in [1.807, 2.05) is 27.7 Å². The lowest BCUT2D eigenvalue weighted by molar-refractivity contribution is -0.121. The number of halogens is 1. The molecule has 7 heteroatoms. The van der Waals surface area contributed by atoms with Gasteiger partial charge in [-0.15, -0.1) is 0 Å². The maximum atomic E-state index is 12.3. The predicted octanol–water partition coefficient (Wildman–Crippen LogP) is 3.01. The van der Waals surface area contributed by atoms with Crippen LogP contribution in [0.4, 0.5) is 5.69 Å². The fourth-order valence-corrected chi connectivity index (χ4v) is 3.73. The second-order valence-corrected chi connectivity index (χ2v) is 9.15. The lowest BCUT2D eigenvalue weighted by atomic mass is 9.93. The van der Waals surface area contributed by atoms with E-state index in [0.29, 0.717) is 5.69 Å². The van der Waals surface area contributed by atoms with Crippen molar-refractivity contribution < 1.29 is 13.2 Å². The Morgan fingerprint density at radius 1 is 1.22 bits per heavy atom. The normalized spacial score (nSPS) is 12.0. The fourth-order valence-electron chi connectivity index (χ4n) is 2.50. The van der Waals surface area contributed by atoms with Crippen LogP contribution in [0.25, 0.3) is 0 Å². The monoisotopic (exact) mass is 404 g/mol. The van der Waals surface area contributed by atoms with Gasteiger partial charge < -0.3 is 5.32 Å². The van der Waals surface area contributed by atoms with Gasteiger partial charge in [-0.25, -0.2) is 8.42 Å². The number of nitrogens with one attached hydrogen (secondary N) is 1. The highest BCUT2D eigenvalue weighted by Crippen LogP contribution is 2.22. The first kappa shape index (κ1) is 20.0. The van der Waals surface area contributed by atoms with Crippen molar-refractivity contribution in [3.05, 3.63) is 28.7 Å². The molecule has 5 nitrogen and oxygen atoms in total. The van der Waals surface area contributed by atoms with Gasteiger partial charge in [0.05, 0.1) is 11.9 Å². The van der Waals surface area contributed by atoms with Gasteiger partial charge in [0.15, 0.2) is 0 Å². The van der Waals surface area contributed by atoms with Crippen LogP contribution in [0.5, 0.6) is 0 Å². The predicted molar refractivity (Wildman–Crippen MR) is 97.9 cm³/mol. The molecule has 0 bridgehead atoms. The average Bonchev–Trinajstić information content (AvgIpc) is 2.40. The molecule has 1 N–H and O–H groups in total. The summed E-state index contributed by atoms with van der Waals surface area (Å²) in [5, 5.41) is 2.95. The van der Waals surface area contributed by atoms with Gasteiger partial charge in [0, 0.05) is 10.5 Å². The molecule has 0 aliphatic carbocycles. The molecule has 0 saturated carbocycles. The molecule has 0 atom stereocenters. The third-order valence-electron chi connectivity index (χ3n) is 3.55. The first-order valence-electron chi connectivity index (χ1n) is 7.55. The van der Waals surface area contributed by atoms with Gasteiger partial charge in [0.25, 0.3) is 0 Å². The van der Waals surface area contributed by atoms with Crippen molar-refractivity contribution in [1.82, 2.24) is 5.32 Å². The molecule has 0 fully saturated rings. The Bertz CT molecular complexity index is 636. The van der Waals surface area contributed by atoms with Crippen LogP contribution in [0.15, 0.2) is 28.7 Å². The Hall–Kier alpha value is -1.08. The Morgan fingerprint density at radius 3 is 2.22 bits per heavy atom. The van der Waals surface area contributed by atoms with Gasteiger partial charge >= 0.3 is 0 Å². The summed E-state index contributed by atoms with van der Waals surface area (Å²) in [6.45, 7) is 7.91. The maximum Gasteiger partial charge on any atom is 0.241 e. The zero-order valence-electron chi connectivity index (χ0n) is 14.2. The molecule has 0 unspecified atom stereocenters. The SMILES string of the molecule is CC(C)C(NC(=O)CN(c1cccc(Br)c1)S(C)(=O)=O)C(C)C. The van der Waals surface area contributed by atoms with E-state index >= 15 is 0 Å². The van der Waals surface area contributed by atoms with E-state index in [4.69, 9.17) is 0 Å². The molecule has 0 aromatic heterocycles. The van der Waals surface area contributed by atoms with Crippen molar-refractivity contribution in [2.45, 2.75) is 33.7 Å². The van der Waals surface area contributed by atoms with Crippen LogP contribution < -0.4 is 9.62 Å². The van der Waals surface area contributed by atoms with E-state index in [-0.39, 0.29) is 30.3 Å². The number of rotatable bonds is 7. The molecule has 130 valence electrons. The largest absolute Gasteiger partial charge is 0.351 e. The van der Waals surface area contributed by atoms with Gasteiger partial charge in [-0.2, -0.15) is 0 Å². The van der Waals surface area contributed by atoms with Crippen LogP contribution in [0, 0.1) is 11.8 Å². The van der Waals surface area contributed by atoms with Crippen molar-refractivity contribution >= 4 is 37.5 Å². The van der Waals surface area contributed by atoms with Crippen LogP contribution in [0.3, 0.4) is 0 Å². The zero-order valence-corrected chi connectivity index (χ0v) is 16.6. The van der Waals surface area contributed by atoms with E-state index in [1.54, 1.807) is 24.3 Å². The van der Waals surface area contributed by atoms with Crippen LogP contribution in [-0.4, -0.2) is 33.2 Å². The molecule has 0 spiro atoms. The number of sulfonamides is 1. The van der Waals surface area contributed by atoms with Crippen molar-refractivity contribution in [3.63, 3.8) is 0 Å². The van der Waals surface area contributed by atoms with Gasteiger partial charge in [0.2, 0.25) is 15.9 Å². The van der Waals surface area contributed by atoms with Crippen molar-refractivity contribution in [2.24, 2.45) is 11.8 Å². The topological polar surface area (TPSA) is 66.5 Å². The minimum absolute atomic E-state index is 0.00594. The van der Waals surface area contributed by atoms with E-state index in [2.05, 4.69) is 21.2 Å². The summed E-state index contributed by atoms with van der Waals surface area (Å²) in [5.41, 5.74) is 0.461. The third-order valence-corrected chi connectivity index (χ3v) is 5.18. The molecular weight excluding hydrogens is 380 g/mol. The minimum Gasteiger partial charge on any atom is -0.351 e. The first-order valence-corrected chi connectivity index (χ1v) is 10.2. The summed E-state index contributed by atoms with van der Waals surface area (Å²) in [6, 6.07) is 6.89. The van der Waals surface area contributed by atoms with E-state index in [1.165, 1.54) is 0 Å². The molecule has 1 amide bonds. The number of nitrogens with zero attached hydrogens (tertiary/aromatic N) is 1. The van der Waals surface area contributed by atoms with Crippen LogP contribution in [0.1, 0.15) is 27.7 Å². The lowest BCUT2D eigenvalue weighted by Crippen LogP contribution is -2.47. The Labute approximate surface area is 147 Å². The van der Waals surface area contributed by atoms with Crippen LogP contribution in [0.2, 0.25) is 0 Å². The molecule has 1 aromatic rings. The van der Waals surface area contributed by atoms with Gasteiger partial charge in [-0.3, -0.25) is 9.10 Å². The Morgan fingerprint density at radius 2 is 1.78 bits per heavy atom. The average molecular weight is 405 g/mol. The van der Waals surface area contributed by atoms with E-state index < -0.39 is 10.0 Å². The summed E-state index contributed by atoms with van der Waals surface area (Å²) in [5.74, 6) is 0.246. The molecular formula is C16H25BrN2O3S. The maximum absolute atomic E-state index is 12.3. The van der Waals surface area contributed by atoms with Gasteiger partial charge in [0.1, 0.15) is 6.54 Å². The summed E-state index contributed by atoms with van der Waals surface area (Å²) in [6.07, 6.45) is 1.10. The van der Waals surface area contributed by atoms with Gasteiger partial charge in [-0.1, -0.05) is 49.7 Å². The number of benzene rings is 1. The number of anilines is 1. The third kappa shape index (κ3) is 6.14. The Kier molecular flexibility index (Phi) is 7.07.